The van der Waals surface area contributed by atoms with E-state index >= 15 is 0 Å². The number of thioether (sulfide) groups is 2. The molecule has 1 aliphatic carbocycles. The van der Waals surface area contributed by atoms with Crippen LogP contribution in [0.4, 0.5) is 0 Å². The van der Waals surface area contributed by atoms with Gasteiger partial charge in [0.05, 0.1) is 6.10 Å². The second-order valence-electron chi connectivity index (χ2n) is 11.5. The molecule has 1 rings (SSSR count). The molecule has 0 radical (unpaired) electrons. The van der Waals surface area contributed by atoms with Crippen molar-refractivity contribution in [2.45, 2.75) is 155 Å². The molecule has 0 aliphatic heterocycles. The minimum Gasteiger partial charge on any atom is -0.388 e. The first-order chi connectivity index (χ1) is 17.6. The van der Waals surface area contributed by atoms with Gasteiger partial charge >= 0.3 is 0 Å². The summed E-state index contributed by atoms with van der Waals surface area (Å²) in [6.07, 6.45) is 34.4. The van der Waals surface area contributed by atoms with Crippen LogP contribution in [0.3, 0.4) is 0 Å². The molecule has 0 saturated heterocycles. The lowest BCUT2D eigenvalue weighted by molar-refractivity contribution is 0.126. The van der Waals surface area contributed by atoms with Crippen LogP contribution in [0.2, 0.25) is 0 Å². The van der Waals surface area contributed by atoms with Crippen LogP contribution in [0.5, 0.6) is 0 Å². The Morgan fingerprint density at radius 2 is 1.06 bits per heavy atom. The van der Waals surface area contributed by atoms with Gasteiger partial charge in [-0.3, -0.25) is 0 Å². The normalized spacial score (nSPS) is 19.7. The lowest BCUT2D eigenvalue weighted by atomic mass is 9.81. The van der Waals surface area contributed by atoms with Gasteiger partial charge < -0.3 is 5.11 Å². The summed E-state index contributed by atoms with van der Waals surface area (Å²) in [6, 6.07) is 0. The highest BCUT2D eigenvalue weighted by Crippen LogP contribution is 2.35. The van der Waals surface area contributed by atoms with E-state index in [0.29, 0.717) is 0 Å². The standard InChI is InChI=1S/C33H62OS2/c1-4-6-8-10-12-14-16-18-20-22-26-35-29-31-24-25-32(34)33(3,28-31)30-36-27-23-21-19-17-15-13-11-9-7-5-2/h24-25,28,32,34H,4-23,26-27,29-30H2,1-3H3. The molecule has 0 aromatic rings. The average molecular weight is 539 g/mol. The lowest BCUT2D eigenvalue weighted by Gasteiger charge is -2.33. The van der Waals surface area contributed by atoms with E-state index in [4.69, 9.17) is 0 Å². The molecule has 0 amide bonds. The van der Waals surface area contributed by atoms with Gasteiger partial charge in [0.15, 0.2) is 0 Å². The molecule has 2 atom stereocenters. The van der Waals surface area contributed by atoms with Crippen molar-refractivity contribution in [1.82, 2.24) is 0 Å². The molecule has 36 heavy (non-hydrogen) atoms. The third-order valence-corrected chi connectivity index (χ3v) is 10.2. The number of aliphatic hydroxyl groups is 1. The summed E-state index contributed by atoms with van der Waals surface area (Å²) in [5.74, 6) is 4.63. The quantitative estimate of drug-likeness (QED) is 0.111. The van der Waals surface area contributed by atoms with E-state index in [2.05, 4.69) is 44.7 Å². The monoisotopic (exact) mass is 538 g/mol. The van der Waals surface area contributed by atoms with Crippen LogP contribution in [0.25, 0.3) is 0 Å². The molecule has 0 aromatic heterocycles. The Labute approximate surface area is 235 Å². The first kappa shape index (κ1) is 34.2. The van der Waals surface area contributed by atoms with Crippen molar-refractivity contribution < 1.29 is 5.11 Å². The van der Waals surface area contributed by atoms with Gasteiger partial charge in [-0.2, -0.15) is 23.5 Å². The van der Waals surface area contributed by atoms with Gasteiger partial charge in [0.2, 0.25) is 0 Å². The molecule has 0 spiro atoms. The summed E-state index contributed by atoms with van der Waals surface area (Å²) in [4.78, 5) is 0. The first-order valence-corrected chi connectivity index (χ1v) is 18.2. The van der Waals surface area contributed by atoms with Crippen molar-refractivity contribution in [3.63, 3.8) is 0 Å². The average Bonchev–Trinajstić information content (AvgIpc) is 2.87. The fraction of sp³-hybridized carbons (Fsp3) is 0.879. The molecule has 3 heteroatoms. The zero-order valence-electron chi connectivity index (χ0n) is 24.5. The molecule has 0 aromatic carbocycles. The van der Waals surface area contributed by atoms with Gasteiger partial charge in [0, 0.05) is 16.9 Å². The van der Waals surface area contributed by atoms with Crippen LogP contribution in [0, 0.1) is 5.41 Å². The maximum Gasteiger partial charge on any atom is 0.0820 e. The summed E-state index contributed by atoms with van der Waals surface area (Å²) in [6.45, 7) is 6.83. The zero-order chi connectivity index (χ0) is 26.2. The molecule has 0 saturated carbocycles. The van der Waals surface area contributed by atoms with E-state index in [1.807, 2.05) is 17.8 Å². The lowest BCUT2D eigenvalue weighted by Crippen LogP contribution is -2.34. The molecule has 1 N–H and O–H groups in total. The Bertz CT molecular complexity index is 544. The molecule has 1 nitrogen and oxygen atoms in total. The number of hydrogen-bond acceptors (Lipinski definition) is 3. The van der Waals surface area contributed by atoms with E-state index in [9.17, 15) is 5.11 Å². The van der Waals surface area contributed by atoms with Crippen LogP contribution in [0.1, 0.15) is 149 Å². The molecular formula is C33H62OS2. The van der Waals surface area contributed by atoms with Gasteiger partial charge in [-0.05, 0) is 29.9 Å². The highest BCUT2D eigenvalue weighted by Gasteiger charge is 2.31. The minimum absolute atomic E-state index is 0.106. The molecule has 2 unspecified atom stereocenters. The fourth-order valence-electron chi connectivity index (χ4n) is 5.07. The predicted octanol–water partition coefficient (Wildman–Crippen LogP) is 11.2. The third kappa shape index (κ3) is 18.4. The van der Waals surface area contributed by atoms with Crippen molar-refractivity contribution in [1.29, 1.82) is 0 Å². The Morgan fingerprint density at radius 3 is 1.53 bits per heavy atom. The maximum absolute atomic E-state index is 10.6. The summed E-state index contributed by atoms with van der Waals surface area (Å²) >= 11 is 4.12. The molecule has 212 valence electrons. The molecule has 0 heterocycles. The summed E-state index contributed by atoms with van der Waals surface area (Å²) in [5.41, 5.74) is 1.31. The van der Waals surface area contributed by atoms with Gasteiger partial charge in [-0.1, -0.05) is 155 Å². The Balaban J connectivity index is 2.04. The highest BCUT2D eigenvalue weighted by molar-refractivity contribution is 7.99. The molecule has 0 bridgehead atoms. The molecule has 0 fully saturated rings. The van der Waals surface area contributed by atoms with Crippen molar-refractivity contribution in [3.05, 3.63) is 23.8 Å². The SMILES string of the molecule is CCCCCCCCCCCCSCC1=CC(C)(CSCCCCCCCCCCCC)C(O)C=C1. The van der Waals surface area contributed by atoms with Gasteiger partial charge in [-0.15, -0.1) is 0 Å². The predicted molar refractivity (Wildman–Crippen MR) is 170 cm³/mol. The largest absolute Gasteiger partial charge is 0.388 e. The van der Waals surface area contributed by atoms with Gasteiger partial charge in [0.25, 0.3) is 0 Å². The number of allylic oxidation sites excluding steroid dienone is 1. The Hall–Kier alpha value is 0.140. The van der Waals surface area contributed by atoms with Crippen molar-refractivity contribution in [3.8, 4) is 0 Å². The van der Waals surface area contributed by atoms with Crippen molar-refractivity contribution in [2.75, 3.05) is 23.0 Å². The minimum atomic E-state index is -0.339. The number of hydrogen-bond donors (Lipinski definition) is 1. The van der Waals surface area contributed by atoms with E-state index in [1.165, 1.54) is 145 Å². The second-order valence-corrected chi connectivity index (χ2v) is 13.7. The van der Waals surface area contributed by atoms with Crippen LogP contribution in [-0.2, 0) is 0 Å². The summed E-state index contributed by atoms with van der Waals surface area (Å²) in [5, 5.41) is 10.6. The van der Waals surface area contributed by atoms with E-state index in [-0.39, 0.29) is 11.5 Å². The van der Waals surface area contributed by atoms with Crippen LogP contribution in [-0.4, -0.2) is 34.2 Å². The fourth-order valence-corrected chi connectivity index (χ4v) is 7.29. The van der Waals surface area contributed by atoms with Crippen LogP contribution >= 0.6 is 23.5 Å². The molecular weight excluding hydrogens is 476 g/mol. The van der Waals surface area contributed by atoms with Crippen molar-refractivity contribution in [2.24, 2.45) is 5.41 Å². The number of unbranched alkanes of at least 4 members (excludes halogenated alkanes) is 18. The second kappa shape index (κ2) is 24.2. The summed E-state index contributed by atoms with van der Waals surface area (Å²) in [7, 11) is 0. The first-order valence-electron chi connectivity index (χ1n) is 15.9. The smallest absolute Gasteiger partial charge is 0.0820 e. The number of aliphatic hydroxyl groups excluding tert-OH is 1. The van der Waals surface area contributed by atoms with E-state index in [1.54, 1.807) is 0 Å². The van der Waals surface area contributed by atoms with Crippen LogP contribution < -0.4 is 0 Å². The third-order valence-electron chi connectivity index (χ3n) is 7.65. The summed E-state index contributed by atoms with van der Waals surface area (Å²) < 4.78 is 0. The van der Waals surface area contributed by atoms with Gasteiger partial charge in [0.1, 0.15) is 0 Å². The number of rotatable bonds is 26. The Kier molecular flexibility index (Phi) is 23.0. The molecule has 1 aliphatic rings. The van der Waals surface area contributed by atoms with Gasteiger partial charge in [-0.25, -0.2) is 0 Å². The highest BCUT2D eigenvalue weighted by atomic mass is 32.2. The van der Waals surface area contributed by atoms with E-state index in [0.717, 1.165) is 11.5 Å². The Morgan fingerprint density at radius 1 is 0.639 bits per heavy atom. The zero-order valence-corrected chi connectivity index (χ0v) is 26.2. The van der Waals surface area contributed by atoms with E-state index < -0.39 is 0 Å². The maximum atomic E-state index is 10.6. The van der Waals surface area contributed by atoms with Crippen molar-refractivity contribution >= 4 is 23.5 Å². The topological polar surface area (TPSA) is 20.2 Å². The van der Waals surface area contributed by atoms with Crippen LogP contribution in [0.15, 0.2) is 23.8 Å².